The minimum absolute atomic E-state index is 0.0231. The highest BCUT2D eigenvalue weighted by Crippen LogP contribution is 2.48. The number of nitrogens with one attached hydrogen (secondary N) is 4. The maximum absolute atomic E-state index is 14.9. The van der Waals surface area contributed by atoms with Crippen molar-refractivity contribution in [1.29, 1.82) is 0 Å². The molecular formula is C83H102N10O20S. The van der Waals surface area contributed by atoms with E-state index in [0.717, 1.165) is 63.1 Å². The molecule has 2 aromatic heterocycles. The maximum Gasteiger partial charge on any atom is 0.251 e. The minimum atomic E-state index is -1.14. The molecule has 12 heterocycles. The van der Waals surface area contributed by atoms with Crippen LogP contribution in [0, 0.1) is 54.3 Å². The molecule has 0 radical (unpaired) electrons. The molecule has 10 saturated heterocycles. The van der Waals surface area contributed by atoms with Crippen LogP contribution in [0.5, 0.6) is 0 Å². The first kappa shape index (κ1) is 83.0. The van der Waals surface area contributed by atoms with Gasteiger partial charge in [-0.05, 0) is 61.6 Å². The van der Waals surface area contributed by atoms with Gasteiger partial charge in [-0.3, -0.25) is 77.5 Å². The average molecular weight is 1590 g/mol. The zero-order valence-electron chi connectivity index (χ0n) is 64.2. The number of hydrogen-bond acceptors (Lipinski definition) is 25. The number of likely N-dealkylation sites (tertiary alicyclic amines) is 4. The van der Waals surface area contributed by atoms with E-state index in [1.165, 1.54) is 11.0 Å². The second kappa shape index (κ2) is 39.1. The Balaban J connectivity index is 0.648. The van der Waals surface area contributed by atoms with Gasteiger partial charge in [0, 0.05) is 55.0 Å². The van der Waals surface area contributed by atoms with E-state index < -0.39 is 132 Å². The molecule has 3 aromatic rings. The number of hydrogen-bond donors (Lipinski definition) is 5. The Kier molecular flexibility index (Phi) is 28.5. The lowest BCUT2D eigenvalue weighted by molar-refractivity contribution is -0.145. The molecule has 31 heteroatoms. The van der Waals surface area contributed by atoms with Crippen molar-refractivity contribution in [3.8, 4) is 11.4 Å². The van der Waals surface area contributed by atoms with Crippen LogP contribution in [0.15, 0.2) is 135 Å². The Labute approximate surface area is 666 Å². The van der Waals surface area contributed by atoms with Gasteiger partial charge in [-0.15, -0.1) is 6.58 Å². The molecule has 10 aliphatic rings. The number of pyridine rings is 2. The van der Waals surface area contributed by atoms with Crippen molar-refractivity contribution >= 4 is 76.9 Å². The second-order valence-corrected chi connectivity index (χ2v) is 31.1. The first-order valence-electron chi connectivity index (χ1n) is 39.7. The number of nitrogens with zero attached hydrogens (tertiary/aromatic N) is 6. The fourth-order valence-electron chi connectivity index (χ4n) is 17.0. The van der Waals surface area contributed by atoms with E-state index in [1.54, 1.807) is 67.1 Å². The van der Waals surface area contributed by atoms with Gasteiger partial charge in [0.1, 0.15) is 0 Å². The standard InChI is InChI=1S/C83H102N10O20S/c1-5-7-31-90-77(98)68-57(18-17-51-13-9-8-10-14-51)111-59(69(68)78(90)99)21-22-61-72-73(83(104)93(82(72)103)34-40-109-45-43-106-37-30-87-75(96)52-26-28-85-54(47-52)53-46-49(3)25-27-84-53)63(113-61)24-23-62-71-70(80(101)92(81(71)102)32-38-107-41-35-94)60(112-62)20-19-58-67-66(56(6-2)110-58)76(97)91(79(67)100)33-39-108-44-42-105-36-29-86-65(95)16-12-11-15-64-74-55(48-114-64)88-50(4)89-74/h6,8-10,13-14,17-28,46-47,55-64,66-74,88-89,94H,2,4-5,7,11-12,15-16,29-45,48H2,1,3H3,(H,86,95)(H,87,96)/b18-17+,20-19-,22-21-,24-23-. The van der Waals surface area contributed by atoms with E-state index in [4.69, 9.17) is 42.6 Å². The first-order chi connectivity index (χ1) is 55.5. The molecule has 10 aliphatic heterocycles. The number of aliphatic hydroxyl groups is 1. The van der Waals surface area contributed by atoms with Crippen LogP contribution in [0.2, 0.25) is 0 Å². The number of amides is 10. The molecule has 19 unspecified atom stereocenters. The van der Waals surface area contributed by atoms with Crippen LogP contribution in [0.1, 0.15) is 66.9 Å². The summed E-state index contributed by atoms with van der Waals surface area (Å²) < 4.78 is 54.8. The number of imide groups is 4. The van der Waals surface area contributed by atoms with Gasteiger partial charge in [0.25, 0.3) is 5.91 Å². The highest BCUT2D eigenvalue weighted by molar-refractivity contribution is 8.00. The lowest BCUT2D eigenvalue weighted by Gasteiger charge is -2.21. The van der Waals surface area contributed by atoms with Crippen molar-refractivity contribution in [1.82, 2.24) is 50.8 Å². The SMILES string of the molecule is C=CC1OC(/C=C\C2OC(/C=C\C3OC(/C=C\C4OC(/C=C/c5ccccc5)C5C(=O)N(CCCC)C(=O)C45)C4C(=O)N(CCOCCOCCNC(=O)c5ccnc(-c6cc(C)ccn6)c5)C(=O)C34)C3C(=O)N(CCOCCO)C(=O)C23)C2C(=O)N(CCOCCOCCNC(=O)CCCCC3SCC4NC(=C)NC43)C(=O)C12. The number of unbranched alkanes of at least 4 members (excludes halogenated alkanes) is 2. The highest BCUT2D eigenvalue weighted by Gasteiger charge is 2.63. The fourth-order valence-corrected chi connectivity index (χ4v) is 18.5. The van der Waals surface area contributed by atoms with Crippen LogP contribution >= 0.6 is 11.8 Å². The number of aryl methyl sites for hydroxylation is 1. The molecule has 10 amide bonds. The molecule has 13 rings (SSSR count). The molecular weight excluding hydrogens is 1490 g/mol. The monoisotopic (exact) mass is 1590 g/mol. The van der Waals surface area contributed by atoms with Crippen LogP contribution < -0.4 is 21.3 Å². The molecule has 0 bridgehead atoms. The van der Waals surface area contributed by atoms with Gasteiger partial charge in [-0.25, -0.2) is 0 Å². The summed E-state index contributed by atoms with van der Waals surface area (Å²) in [6.45, 7) is 12.8. The van der Waals surface area contributed by atoms with E-state index >= 15 is 0 Å². The quantitative estimate of drug-likeness (QED) is 0.0308. The van der Waals surface area contributed by atoms with Crippen LogP contribution in [-0.4, -0.2) is 278 Å². The molecule has 19 atom stereocenters. The summed E-state index contributed by atoms with van der Waals surface area (Å²) in [5, 5.41) is 22.5. The van der Waals surface area contributed by atoms with Crippen LogP contribution in [0.25, 0.3) is 17.5 Å². The maximum atomic E-state index is 14.9. The summed E-state index contributed by atoms with van der Waals surface area (Å²) in [6, 6.07) is 17.3. The molecule has 1 aromatic carbocycles. The summed E-state index contributed by atoms with van der Waals surface area (Å²) in [7, 11) is 0. The molecule has 0 spiro atoms. The van der Waals surface area contributed by atoms with Gasteiger partial charge in [0.15, 0.2) is 0 Å². The predicted molar refractivity (Wildman–Crippen MR) is 414 cm³/mol. The van der Waals surface area contributed by atoms with Gasteiger partial charge in [-0.2, -0.15) is 11.8 Å². The number of ether oxygens (including phenoxy) is 9. The predicted octanol–water partition coefficient (Wildman–Crippen LogP) is 3.29. The van der Waals surface area contributed by atoms with Gasteiger partial charge in [0.2, 0.25) is 53.2 Å². The molecule has 610 valence electrons. The Hall–Kier alpha value is -8.99. The van der Waals surface area contributed by atoms with Crippen LogP contribution in [0.4, 0.5) is 0 Å². The van der Waals surface area contributed by atoms with E-state index in [0.29, 0.717) is 53.7 Å². The third-order valence-corrected chi connectivity index (χ3v) is 24.1. The summed E-state index contributed by atoms with van der Waals surface area (Å²) in [6.07, 6.45) is 14.3. The average Bonchev–Trinajstić information content (AvgIpc) is 1.59. The van der Waals surface area contributed by atoms with Crippen LogP contribution in [-0.2, 0) is 85.8 Å². The molecule has 0 aliphatic carbocycles. The molecule has 10 fully saturated rings. The van der Waals surface area contributed by atoms with Crippen molar-refractivity contribution in [3.05, 3.63) is 151 Å². The van der Waals surface area contributed by atoms with Crippen molar-refractivity contribution in [2.75, 3.05) is 118 Å². The zero-order chi connectivity index (χ0) is 79.9. The van der Waals surface area contributed by atoms with Crippen molar-refractivity contribution in [3.63, 3.8) is 0 Å². The van der Waals surface area contributed by atoms with Crippen LogP contribution in [0.3, 0.4) is 0 Å². The molecule has 114 heavy (non-hydrogen) atoms. The Morgan fingerprint density at radius 2 is 0.974 bits per heavy atom. The smallest absolute Gasteiger partial charge is 0.251 e. The minimum Gasteiger partial charge on any atom is -0.394 e. The number of aliphatic hydroxyl groups excluding tert-OH is 1. The number of carbonyl (C=O) groups excluding carboxylic acids is 10. The molecule has 5 N–H and O–H groups in total. The van der Waals surface area contributed by atoms with Gasteiger partial charge in [0.05, 0.1) is 218 Å². The van der Waals surface area contributed by atoms with Crippen molar-refractivity contribution < 1.29 is 95.7 Å². The number of rotatable bonds is 42. The summed E-state index contributed by atoms with van der Waals surface area (Å²) in [5.41, 5.74) is 3.47. The number of carbonyl (C=O) groups is 10. The number of aromatic nitrogens is 2. The lowest BCUT2D eigenvalue weighted by Crippen LogP contribution is -2.38. The highest BCUT2D eigenvalue weighted by atomic mass is 32.2. The molecule has 0 saturated carbocycles. The Morgan fingerprint density at radius 3 is 1.46 bits per heavy atom. The van der Waals surface area contributed by atoms with Crippen molar-refractivity contribution in [2.45, 2.75) is 119 Å². The van der Waals surface area contributed by atoms with E-state index in [2.05, 4.69) is 44.4 Å². The Bertz CT molecular complexity index is 4150. The van der Waals surface area contributed by atoms with E-state index in [1.807, 2.05) is 74.1 Å². The number of thioether (sulfide) groups is 1. The fraction of sp³-hybridized carbons (Fsp3) is 0.542. The van der Waals surface area contributed by atoms with E-state index in [9.17, 15) is 53.1 Å². The van der Waals surface area contributed by atoms with Gasteiger partial charge < -0.3 is 69.0 Å². The lowest BCUT2D eigenvalue weighted by atomic mass is 9.86. The van der Waals surface area contributed by atoms with Gasteiger partial charge >= 0.3 is 0 Å². The largest absolute Gasteiger partial charge is 0.394 e. The van der Waals surface area contributed by atoms with E-state index in [-0.39, 0.29) is 129 Å². The molecule has 30 nitrogen and oxygen atoms in total. The third kappa shape index (κ3) is 18.8. The summed E-state index contributed by atoms with van der Waals surface area (Å²) >= 11 is 1.96. The van der Waals surface area contributed by atoms with Gasteiger partial charge in [-0.1, -0.05) is 111 Å². The zero-order valence-corrected chi connectivity index (χ0v) is 65.0. The summed E-state index contributed by atoms with van der Waals surface area (Å²) in [5.74, 6) is -10.5. The summed E-state index contributed by atoms with van der Waals surface area (Å²) in [4.78, 5) is 155. The number of benzene rings is 1. The second-order valence-electron chi connectivity index (χ2n) is 29.9. The normalized spacial score (nSPS) is 30.2. The Morgan fingerprint density at radius 1 is 0.535 bits per heavy atom. The topological polar surface area (TPSA) is 361 Å². The first-order valence-corrected chi connectivity index (χ1v) is 40.7. The number of fused-ring (bicyclic) bond motifs is 5. The van der Waals surface area contributed by atoms with Crippen molar-refractivity contribution in [2.24, 2.45) is 47.3 Å². The third-order valence-electron chi connectivity index (χ3n) is 22.6.